The van der Waals surface area contributed by atoms with Crippen LogP contribution in [-0.4, -0.2) is 10.9 Å². The topological polar surface area (TPSA) is 12.0 Å². The van der Waals surface area contributed by atoms with Crippen LogP contribution in [0.3, 0.4) is 0 Å². The van der Waals surface area contributed by atoms with E-state index in [2.05, 4.69) is 37.2 Å². The molecule has 0 bridgehead atoms. The first-order valence-corrected chi connectivity index (χ1v) is 7.22. The Kier molecular flexibility index (Phi) is 5.54. The Morgan fingerprint density at radius 2 is 1.94 bits per heavy atom. The van der Waals surface area contributed by atoms with Crippen LogP contribution in [0.25, 0.3) is 0 Å². The average molecular weight is 371 g/mol. The minimum absolute atomic E-state index is 0.0713. The maximum absolute atomic E-state index is 13.7. The second-order valence-corrected chi connectivity index (χ2v) is 6.15. The monoisotopic (exact) mass is 369 g/mol. The molecule has 0 fully saturated rings. The number of benzene rings is 1. The summed E-state index contributed by atoms with van der Waals surface area (Å²) in [6.07, 6.45) is 0.879. The van der Waals surface area contributed by atoms with E-state index in [0.717, 1.165) is 11.8 Å². The molecule has 0 heterocycles. The Hall–Kier alpha value is -0.0000000000000000555. The van der Waals surface area contributed by atoms with E-state index in [1.54, 1.807) is 0 Å². The molecule has 0 aliphatic carbocycles. The zero-order valence-corrected chi connectivity index (χ0v) is 13.0. The molecule has 0 saturated carbocycles. The lowest BCUT2D eigenvalue weighted by Gasteiger charge is -2.25. The molecule has 1 aromatic rings. The van der Waals surface area contributed by atoms with Gasteiger partial charge in [-0.05, 0) is 48.3 Å². The smallest absolute Gasteiger partial charge is 0.144 e. The molecular weight excluding hydrogens is 356 g/mol. The van der Waals surface area contributed by atoms with E-state index in [4.69, 9.17) is 0 Å². The number of rotatable bonds is 5. The third-order valence-electron chi connectivity index (χ3n) is 2.60. The van der Waals surface area contributed by atoms with Gasteiger partial charge in [-0.2, -0.15) is 0 Å². The van der Waals surface area contributed by atoms with Crippen LogP contribution in [0.1, 0.15) is 25.8 Å². The minimum atomic E-state index is -0.535. The number of hydrogen-bond acceptors (Lipinski definition) is 1. The number of nitrogens with one attached hydrogen (secondary N) is 1. The first-order chi connectivity index (χ1) is 7.87. The van der Waals surface area contributed by atoms with Gasteiger partial charge in [0.05, 0.1) is 4.47 Å². The highest BCUT2D eigenvalue weighted by Crippen LogP contribution is 2.22. The van der Waals surface area contributed by atoms with E-state index < -0.39 is 11.6 Å². The van der Waals surface area contributed by atoms with Gasteiger partial charge in [-0.15, -0.1) is 0 Å². The van der Waals surface area contributed by atoms with Crippen LogP contribution in [0.5, 0.6) is 0 Å². The average Bonchev–Trinajstić information content (AvgIpc) is 2.23. The molecule has 0 atom stereocenters. The Morgan fingerprint density at radius 3 is 2.53 bits per heavy atom. The van der Waals surface area contributed by atoms with Crippen LogP contribution in [0.15, 0.2) is 16.6 Å². The summed E-state index contributed by atoms with van der Waals surface area (Å²) < 4.78 is 27.5. The van der Waals surface area contributed by atoms with E-state index in [9.17, 15) is 8.78 Å². The van der Waals surface area contributed by atoms with Crippen molar-refractivity contribution in [1.29, 1.82) is 0 Å². The quantitative estimate of drug-likeness (QED) is 0.599. The van der Waals surface area contributed by atoms with Crippen LogP contribution in [0.2, 0.25) is 0 Å². The Bertz CT molecular complexity index is 394. The maximum Gasteiger partial charge on any atom is 0.144 e. The standard InChI is InChI=1S/C12H15Br2F2N/c1-12(2,5-6-13)17-7-8-10(15)4-3-9(14)11(8)16/h3-4,17H,5-7H2,1-2H3. The molecule has 1 aromatic carbocycles. The Morgan fingerprint density at radius 1 is 1.29 bits per heavy atom. The van der Waals surface area contributed by atoms with E-state index in [1.165, 1.54) is 12.1 Å². The van der Waals surface area contributed by atoms with Crippen molar-refractivity contribution < 1.29 is 8.78 Å². The lowest BCUT2D eigenvalue weighted by molar-refractivity contribution is 0.369. The Labute approximate surface area is 117 Å². The van der Waals surface area contributed by atoms with E-state index in [-0.39, 0.29) is 22.1 Å². The zero-order chi connectivity index (χ0) is 13.1. The van der Waals surface area contributed by atoms with Gasteiger partial charge < -0.3 is 5.32 Å². The Balaban J connectivity index is 2.79. The summed E-state index contributed by atoms with van der Waals surface area (Å²) >= 11 is 6.41. The normalized spacial score (nSPS) is 11.9. The van der Waals surface area contributed by atoms with Crippen LogP contribution < -0.4 is 5.32 Å². The van der Waals surface area contributed by atoms with Crippen molar-refractivity contribution in [3.05, 3.63) is 33.8 Å². The number of alkyl halides is 1. The van der Waals surface area contributed by atoms with Crippen molar-refractivity contribution >= 4 is 31.9 Å². The van der Waals surface area contributed by atoms with Gasteiger partial charge in [-0.3, -0.25) is 0 Å². The molecule has 0 saturated heterocycles. The SMILES string of the molecule is CC(C)(CCBr)NCc1c(F)ccc(Br)c1F. The highest BCUT2D eigenvalue weighted by Gasteiger charge is 2.19. The molecule has 0 spiro atoms. The molecule has 0 aliphatic heterocycles. The van der Waals surface area contributed by atoms with E-state index in [1.807, 2.05) is 13.8 Å². The predicted octanol–water partition coefficient (Wildman–Crippen LogP) is 4.38. The summed E-state index contributed by atoms with van der Waals surface area (Å²) in [6.45, 7) is 4.18. The zero-order valence-electron chi connectivity index (χ0n) is 9.79. The second kappa shape index (κ2) is 6.25. The molecule has 0 aromatic heterocycles. The van der Waals surface area contributed by atoms with Gasteiger partial charge in [0.15, 0.2) is 0 Å². The molecule has 1 N–H and O–H groups in total. The summed E-state index contributed by atoms with van der Waals surface area (Å²) in [7, 11) is 0. The van der Waals surface area contributed by atoms with Crippen molar-refractivity contribution in [3.63, 3.8) is 0 Å². The molecule has 0 radical (unpaired) electrons. The van der Waals surface area contributed by atoms with Gasteiger partial charge in [-0.25, -0.2) is 8.78 Å². The number of halogens is 4. The summed E-state index contributed by atoms with van der Waals surface area (Å²) in [6, 6.07) is 2.64. The highest BCUT2D eigenvalue weighted by molar-refractivity contribution is 9.10. The summed E-state index contributed by atoms with van der Waals surface area (Å²) in [5.74, 6) is -1.06. The fraction of sp³-hybridized carbons (Fsp3) is 0.500. The minimum Gasteiger partial charge on any atom is -0.307 e. The molecule has 17 heavy (non-hydrogen) atoms. The highest BCUT2D eigenvalue weighted by atomic mass is 79.9. The van der Waals surface area contributed by atoms with Crippen molar-refractivity contribution in [2.24, 2.45) is 0 Å². The van der Waals surface area contributed by atoms with Gasteiger partial charge in [0.25, 0.3) is 0 Å². The first kappa shape index (κ1) is 15.1. The fourth-order valence-electron chi connectivity index (χ4n) is 1.38. The molecule has 0 unspecified atom stereocenters. The van der Waals surface area contributed by atoms with Gasteiger partial charge in [0, 0.05) is 23.0 Å². The molecule has 1 rings (SSSR count). The van der Waals surface area contributed by atoms with Crippen molar-refractivity contribution in [2.75, 3.05) is 5.33 Å². The largest absolute Gasteiger partial charge is 0.307 e. The van der Waals surface area contributed by atoms with Gasteiger partial charge in [0.2, 0.25) is 0 Å². The fourth-order valence-corrected chi connectivity index (χ4v) is 2.75. The van der Waals surface area contributed by atoms with E-state index >= 15 is 0 Å². The van der Waals surface area contributed by atoms with Crippen molar-refractivity contribution in [3.8, 4) is 0 Å². The van der Waals surface area contributed by atoms with Crippen molar-refractivity contribution in [1.82, 2.24) is 5.32 Å². The second-order valence-electron chi connectivity index (χ2n) is 4.50. The van der Waals surface area contributed by atoms with Crippen LogP contribution >= 0.6 is 31.9 Å². The maximum atomic E-state index is 13.7. The summed E-state index contributed by atoms with van der Waals surface area (Å²) in [5, 5.41) is 4.00. The third kappa shape index (κ3) is 4.30. The predicted molar refractivity (Wildman–Crippen MR) is 73.4 cm³/mol. The van der Waals surface area contributed by atoms with Crippen LogP contribution in [0, 0.1) is 11.6 Å². The lowest BCUT2D eigenvalue weighted by atomic mass is 10.0. The van der Waals surface area contributed by atoms with E-state index in [0.29, 0.717) is 0 Å². The van der Waals surface area contributed by atoms with Gasteiger partial charge >= 0.3 is 0 Å². The van der Waals surface area contributed by atoms with Crippen LogP contribution in [-0.2, 0) is 6.54 Å². The number of hydrogen-bond donors (Lipinski definition) is 1. The molecular formula is C12H15Br2F2N. The molecule has 0 aliphatic rings. The molecule has 96 valence electrons. The summed E-state index contributed by atoms with van der Waals surface area (Å²) in [4.78, 5) is 0. The van der Waals surface area contributed by atoms with Crippen molar-refractivity contribution in [2.45, 2.75) is 32.4 Å². The first-order valence-electron chi connectivity index (χ1n) is 5.31. The van der Waals surface area contributed by atoms with Gasteiger partial charge in [0.1, 0.15) is 11.6 Å². The lowest BCUT2D eigenvalue weighted by Crippen LogP contribution is -2.39. The van der Waals surface area contributed by atoms with Gasteiger partial charge in [-0.1, -0.05) is 15.9 Å². The van der Waals surface area contributed by atoms with Crippen LogP contribution in [0.4, 0.5) is 8.78 Å². The molecule has 1 nitrogen and oxygen atoms in total. The summed E-state index contributed by atoms with van der Waals surface area (Å²) in [5.41, 5.74) is -0.0907. The molecule has 0 amide bonds. The molecule has 5 heteroatoms. The third-order valence-corrected chi connectivity index (χ3v) is 3.61.